The predicted molar refractivity (Wildman–Crippen MR) is 135 cm³/mol. The summed E-state index contributed by atoms with van der Waals surface area (Å²) >= 11 is 0. The number of benzene rings is 3. The van der Waals surface area contributed by atoms with Crippen LogP contribution in [0.2, 0.25) is 0 Å². The van der Waals surface area contributed by atoms with Gasteiger partial charge in [0.2, 0.25) is 0 Å². The molecule has 3 aromatic rings. The first kappa shape index (κ1) is 23.4. The molecule has 0 amide bonds. The lowest BCUT2D eigenvalue weighted by atomic mass is 9.76. The molecule has 1 fully saturated rings. The summed E-state index contributed by atoms with van der Waals surface area (Å²) in [5.74, 6) is 3.32. The van der Waals surface area contributed by atoms with Crippen LogP contribution < -0.4 is 18.9 Å². The first-order valence-corrected chi connectivity index (χ1v) is 12.3. The third kappa shape index (κ3) is 5.03. The summed E-state index contributed by atoms with van der Waals surface area (Å²) in [5, 5.41) is 10.0. The van der Waals surface area contributed by atoms with Crippen molar-refractivity contribution in [1.29, 1.82) is 0 Å². The van der Waals surface area contributed by atoms with E-state index in [9.17, 15) is 5.11 Å². The second-order valence-corrected chi connectivity index (χ2v) is 9.20. The van der Waals surface area contributed by atoms with Crippen LogP contribution >= 0.6 is 0 Å². The molecule has 1 saturated heterocycles. The zero-order valence-corrected chi connectivity index (χ0v) is 20.4. The molecule has 0 radical (unpaired) electrons. The van der Waals surface area contributed by atoms with Crippen molar-refractivity contribution in [1.82, 2.24) is 4.90 Å². The Morgan fingerprint density at radius 1 is 0.886 bits per heavy atom. The molecule has 2 aliphatic heterocycles. The summed E-state index contributed by atoms with van der Waals surface area (Å²) in [6.07, 6.45) is 2.58. The van der Waals surface area contributed by atoms with Crippen molar-refractivity contribution < 1.29 is 24.1 Å². The number of nitrogens with zero attached hydrogens (tertiary/aromatic N) is 1. The minimum atomic E-state index is 0.0519. The van der Waals surface area contributed by atoms with Crippen LogP contribution in [0.5, 0.6) is 28.7 Å². The maximum Gasteiger partial charge on any atom is 0.160 e. The summed E-state index contributed by atoms with van der Waals surface area (Å²) in [4.78, 5) is 2.45. The van der Waals surface area contributed by atoms with Gasteiger partial charge in [0, 0.05) is 30.0 Å². The van der Waals surface area contributed by atoms with Gasteiger partial charge in [-0.1, -0.05) is 24.3 Å². The van der Waals surface area contributed by atoms with E-state index in [1.165, 1.54) is 31.5 Å². The fraction of sp³-hybridized carbons (Fsp3) is 0.379. The minimum Gasteiger partial charge on any atom is -0.508 e. The zero-order valence-electron chi connectivity index (χ0n) is 20.4. The van der Waals surface area contributed by atoms with Crippen molar-refractivity contribution in [2.24, 2.45) is 0 Å². The van der Waals surface area contributed by atoms with Crippen molar-refractivity contribution in [2.75, 3.05) is 47.1 Å². The van der Waals surface area contributed by atoms with Gasteiger partial charge in [0.25, 0.3) is 0 Å². The second kappa shape index (κ2) is 10.5. The lowest BCUT2D eigenvalue weighted by Crippen LogP contribution is -2.25. The van der Waals surface area contributed by atoms with Gasteiger partial charge in [-0.3, -0.25) is 4.90 Å². The maximum atomic E-state index is 10.0. The molecule has 0 aromatic heterocycles. The van der Waals surface area contributed by atoms with Gasteiger partial charge < -0.3 is 24.1 Å². The molecule has 3 aromatic carbocycles. The van der Waals surface area contributed by atoms with Gasteiger partial charge in [-0.2, -0.15) is 0 Å². The predicted octanol–water partition coefficient (Wildman–Crippen LogP) is 5.19. The fourth-order valence-electron chi connectivity index (χ4n) is 5.25. The van der Waals surface area contributed by atoms with Crippen molar-refractivity contribution in [2.45, 2.75) is 24.7 Å². The average Bonchev–Trinajstić information content (AvgIpc) is 3.41. The largest absolute Gasteiger partial charge is 0.508 e. The van der Waals surface area contributed by atoms with Crippen molar-refractivity contribution in [3.63, 3.8) is 0 Å². The maximum absolute atomic E-state index is 10.0. The highest BCUT2D eigenvalue weighted by atomic mass is 16.5. The molecular formula is C29H33NO5. The molecule has 0 saturated carbocycles. The van der Waals surface area contributed by atoms with E-state index in [2.05, 4.69) is 35.2 Å². The van der Waals surface area contributed by atoms with Crippen LogP contribution in [0.3, 0.4) is 0 Å². The Hall–Kier alpha value is -3.38. The number of ether oxygens (including phenoxy) is 4. The lowest BCUT2D eigenvalue weighted by Gasteiger charge is -2.35. The molecule has 0 bridgehead atoms. The van der Waals surface area contributed by atoms with Crippen molar-refractivity contribution in [3.05, 3.63) is 77.4 Å². The van der Waals surface area contributed by atoms with E-state index in [-0.39, 0.29) is 17.6 Å². The minimum absolute atomic E-state index is 0.0519. The van der Waals surface area contributed by atoms with E-state index in [1.54, 1.807) is 26.4 Å². The highest BCUT2D eigenvalue weighted by Crippen LogP contribution is 2.48. The number of phenols is 1. The molecule has 1 N–H and O–H groups in total. The van der Waals surface area contributed by atoms with E-state index < -0.39 is 0 Å². The molecule has 184 valence electrons. The Bertz CT molecular complexity index is 1140. The van der Waals surface area contributed by atoms with Crippen LogP contribution in [-0.4, -0.2) is 57.1 Å². The topological polar surface area (TPSA) is 60.4 Å². The third-order valence-corrected chi connectivity index (χ3v) is 7.10. The molecule has 6 nitrogen and oxygen atoms in total. The van der Waals surface area contributed by atoms with Crippen LogP contribution in [-0.2, 0) is 0 Å². The number of aromatic hydroxyl groups is 1. The zero-order chi connectivity index (χ0) is 24.2. The van der Waals surface area contributed by atoms with E-state index >= 15 is 0 Å². The third-order valence-electron chi connectivity index (χ3n) is 7.10. The van der Waals surface area contributed by atoms with Gasteiger partial charge in [0.1, 0.15) is 23.9 Å². The number of phenolic OH excluding ortho intramolecular Hbond substituents is 1. The Morgan fingerprint density at radius 2 is 1.63 bits per heavy atom. The summed E-state index contributed by atoms with van der Waals surface area (Å²) in [6.45, 7) is 4.52. The Morgan fingerprint density at radius 3 is 2.37 bits per heavy atom. The van der Waals surface area contributed by atoms with Crippen molar-refractivity contribution >= 4 is 0 Å². The highest BCUT2D eigenvalue weighted by Gasteiger charge is 2.34. The molecule has 6 heteroatoms. The summed E-state index contributed by atoms with van der Waals surface area (Å²) in [7, 11) is 3.29. The van der Waals surface area contributed by atoms with Gasteiger partial charge >= 0.3 is 0 Å². The molecule has 2 heterocycles. The van der Waals surface area contributed by atoms with Crippen molar-refractivity contribution in [3.8, 4) is 28.7 Å². The summed E-state index contributed by atoms with van der Waals surface area (Å²) in [5.41, 5.74) is 3.33. The monoisotopic (exact) mass is 475 g/mol. The molecule has 0 aliphatic carbocycles. The van der Waals surface area contributed by atoms with Gasteiger partial charge in [0.15, 0.2) is 11.5 Å². The molecule has 2 aliphatic rings. The van der Waals surface area contributed by atoms with Gasteiger partial charge in [0.05, 0.1) is 20.8 Å². The van der Waals surface area contributed by atoms with Crippen LogP contribution in [0.15, 0.2) is 60.7 Å². The fourth-order valence-corrected chi connectivity index (χ4v) is 5.25. The lowest BCUT2D eigenvalue weighted by molar-refractivity contribution is 0.237. The molecule has 35 heavy (non-hydrogen) atoms. The summed E-state index contributed by atoms with van der Waals surface area (Å²) < 4.78 is 23.2. The highest BCUT2D eigenvalue weighted by molar-refractivity contribution is 5.52. The van der Waals surface area contributed by atoms with E-state index in [0.717, 1.165) is 29.2 Å². The quantitative estimate of drug-likeness (QED) is 0.484. The number of likely N-dealkylation sites (tertiary alicyclic amines) is 1. The van der Waals surface area contributed by atoms with Gasteiger partial charge in [-0.15, -0.1) is 0 Å². The number of rotatable bonds is 8. The van der Waals surface area contributed by atoms with E-state index in [1.807, 2.05) is 18.2 Å². The van der Waals surface area contributed by atoms with Crippen LogP contribution in [0, 0.1) is 0 Å². The van der Waals surface area contributed by atoms with Crippen LogP contribution in [0.25, 0.3) is 0 Å². The van der Waals surface area contributed by atoms with Gasteiger partial charge in [-0.05, 0) is 67.4 Å². The number of hydrogen-bond acceptors (Lipinski definition) is 6. The first-order chi connectivity index (χ1) is 17.2. The first-order valence-electron chi connectivity index (χ1n) is 12.3. The molecule has 0 unspecified atom stereocenters. The molecular weight excluding hydrogens is 442 g/mol. The SMILES string of the molecule is COc1ccc([C@@H]2COc3cc(O)ccc3[C@H]2c2ccc(OCCN3CCCC3)cc2)cc1OC. The van der Waals surface area contributed by atoms with Crippen LogP contribution in [0.4, 0.5) is 0 Å². The number of methoxy groups -OCH3 is 2. The number of fused-ring (bicyclic) bond motifs is 1. The van der Waals surface area contributed by atoms with E-state index in [4.69, 9.17) is 18.9 Å². The smallest absolute Gasteiger partial charge is 0.160 e. The molecule has 0 spiro atoms. The Labute approximate surface area is 207 Å². The standard InChI is InChI=1S/C29H33NO5/c1-32-26-12-7-21(17-28(26)33-2)25-19-35-27-18-22(31)8-11-24(27)29(25)20-5-9-23(10-6-20)34-16-15-30-13-3-4-14-30/h5-12,17-18,25,29,31H,3-4,13-16,19H2,1-2H3/t25-,29+/m0/s1. The second-order valence-electron chi connectivity index (χ2n) is 9.20. The van der Waals surface area contributed by atoms with E-state index in [0.29, 0.717) is 24.7 Å². The number of hydrogen-bond donors (Lipinski definition) is 1. The van der Waals surface area contributed by atoms with Gasteiger partial charge in [-0.25, -0.2) is 0 Å². The van der Waals surface area contributed by atoms with Crippen LogP contribution in [0.1, 0.15) is 41.4 Å². The average molecular weight is 476 g/mol. The normalized spacial score (nSPS) is 19.6. The molecule has 2 atom stereocenters. The Balaban J connectivity index is 1.42. The summed E-state index contributed by atoms with van der Waals surface area (Å²) in [6, 6.07) is 19.8. The molecule has 5 rings (SSSR count). The Kier molecular flexibility index (Phi) is 7.00.